The first-order valence-corrected chi connectivity index (χ1v) is 9.96. The molecule has 2 N–H and O–H groups in total. The van der Waals surface area contributed by atoms with Gasteiger partial charge in [0.1, 0.15) is 5.52 Å². The van der Waals surface area contributed by atoms with Gasteiger partial charge in [0, 0.05) is 30.3 Å². The van der Waals surface area contributed by atoms with E-state index in [9.17, 15) is 9.59 Å². The fourth-order valence-electron chi connectivity index (χ4n) is 3.47. The first-order valence-electron chi connectivity index (χ1n) is 9.59. The molecule has 29 heavy (non-hydrogen) atoms. The second-order valence-electron chi connectivity index (χ2n) is 7.08. The van der Waals surface area contributed by atoms with Crippen molar-refractivity contribution in [1.82, 2.24) is 20.3 Å². The summed E-state index contributed by atoms with van der Waals surface area (Å²) in [5.74, 6) is -0.577. The van der Waals surface area contributed by atoms with E-state index in [1.807, 2.05) is 0 Å². The highest BCUT2D eigenvalue weighted by Crippen LogP contribution is 2.23. The molecule has 0 radical (unpaired) electrons. The molecule has 1 fully saturated rings. The summed E-state index contributed by atoms with van der Waals surface area (Å²) < 4.78 is 0. The predicted octanol–water partition coefficient (Wildman–Crippen LogP) is 3.99. The van der Waals surface area contributed by atoms with E-state index < -0.39 is 0 Å². The van der Waals surface area contributed by atoms with E-state index in [0.29, 0.717) is 33.0 Å². The summed E-state index contributed by atoms with van der Waals surface area (Å²) in [4.78, 5) is 37.7. The Kier molecular flexibility index (Phi) is 5.67. The van der Waals surface area contributed by atoms with E-state index in [1.165, 1.54) is 12.6 Å². The quantitative estimate of drug-likeness (QED) is 0.679. The van der Waals surface area contributed by atoms with Crippen molar-refractivity contribution < 1.29 is 9.59 Å². The van der Waals surface area contributed by atoms with Crippen molar-refractivity contribution >= 4 is 40.3 Å². The summed E-state index contributed by atoms with van der Waals surface area (Å²) in [5, 5.41) is 6.18. The van der Waals surface area contributed by atoms with Gasteiger partial charge in [-0.15, -0.1) is 0 Å². The molecule has 2 amide bonds. The van der Waals surface area contributed by atoms with Crippen LogP contribution in [0.4, 0.5) is 5.69 Å². The maximum Gasteiger partial charge on any atom is 0.257 e. The minimum atomic E-state index is -0.356. The standard InChI is InChI=1S/C21H20ClN5O2/c22-17-7-6-15(11-16(17)21(29)26-14-4-2-1-3-5-14)27-20(28)13-10-18-19(25-12-13)24-9-8-23-18/h6-12,14H,1-5H2,(H,26,29)(H,27,28). The topological polar surface area (TPSA) is 96.9 Å². The molecule has 1 saturated carbocycles. The summed E-state index contributed by atoms with van der Waals surface area (Å²) in [5.41, 5.74) is 2.17. The van der Waals surface area contributed by atoms with Gasteiger partial charge in [0.2, 0.25) is 0 Å². The van der Waals surface area contributed by atoms with Gasteiger partial charge in [0.05, 0.1) is 16.1 Å². The molecule has 0 aliphatic heterocycles. The van der Waals surface area contributed by atoms with Gasteiger partial charge >= 0.3 is 0 Å². The second-order valence-corrected chi connectivity index (χ2v) is 7.49. The third-order valence-electron chi connectivity index (χ3n) is 5.00. The zero-order chi connectivity index (χ0) is 20.2. The normalized spacial score (nSPS) is 14.5. The minimum Gasteiger partial charge on any atom is -0.349 e. The number of fused-ring (bicyclic) bond motifs is 1. The highest BCUT2D eigenvalue weighted by molar-refractivity contribution is 6.34. The molecule has 4 rings (SSSR count). The molecule has 7 nitrogen and oxygen atoms in total. The van der Waals surface area contributed by atoms with Crippen molar-refractivity contribution in [1.29, 1.82) is 0 Å². The molecule has 0 saturated heterocycles. The Morgan fingerprint density at radius 1 is 0.966 bits per heavy atom. The van der Waals surface area contributed by atoms with Crippen LogP contribution in [0, 0.1) is 0 Å². The highest BCUT2D eigenvalue weighted by Gasteiger charge is 2.19. The summed E-state index contributed by atoms with van der Waals surface area (Å²) in [6.45, 7) is 0. The van der Waals surface area contributed by atoms with Gasteiger partial charge in [-0.3, -0.25) is 14.6 Å². The summed E-state index contributed by atoms with van der Waals surface area (Å²) in [6.07, 6.45) is 9.96. The van der Waals surface area contributed by atoms with E-state index >= 15 is 0 Å². The van der Waals surface area contributed by atoms with Crippen LogP contribution in [0.3, 0.4) is 0 Å². The fraction of sp³-hybridized carbons (Fsp3) is 0.286. The number of benzene rings is 1. The number of pyridine rings is 1. The van der Waals surface area contributed by atoms with Crippen molar-refractivity contribution in [2.45, 2.75) is 38.1 Å². The van der Waals surface area contributed by atoms with Crippen molar-refractivity contribution in [3.8, 4) is 0 Å². The van der Waals surface area contributed by atoms with Gasteiger partial charge in [-0.25, -0.2) is 9.97 Å². The lowest BCUT2D eigenvalue weighted by Crippen LogP contribution is -2.36. The number of nitrogens with zero attached hydrogens (tertiary/aromatic N) is 3. The van der Waals surface area contributed by atoms with Crippen LogP contribution >= 0.6 is 11.6 Å². The molecule has 2 heterocycles. The van der Waals surface area contributed by atoms with Gasteiger partial charge < -0.3 is 10.6 Å². The van der Waals surface area contributed by atoms with E-state index in [2.05, 4.69) is 25.6 Å². The van der Waals surface area contributed by atoms with Crippen LogP contribution in [0.1, 0.15) is 52.8 Å². The van der Waals surface area contributed by atoms with Gasteiger partial charge in [0.25, 0.3) is 11.8 Å². The third-order valence-corrected chi connectivity index (χ3v) is 5.33. The van der Waals surface area contributed by atoms with Crippen LogP contribution in [-0.2, 0) is 0 Å². The molecule has 148 valence electrons. The maximum atomic E-state index is 12.7. The molecule has 3 aromatic rings. The Labute approximate surface area is 172 Å². The molecule has 1 aromatic carbocycles. The smallest absolute Gasteiger partial charge is 0.257 e. The van der Waals surface area contributed by atoms with Crippen molar-refractivity contribution in [3.63, 3.8) is 0 Å². The lowest BCUT2D eigenvalue weighted by atomic mass is 9.95. The zero-order valence-corrected chi connectivity index (χ0v) is 16.4. The van der Waals surface area contributed by atoms with E-state index in [0.717, 1.165) is 25.7 Å². The Bertz CT molecular complexity index is 1070. The number of nitrogens with one attached hydrogen (secondary N) is 2. The molecule has 0 spiro atoms. The monoisotopic (exact) mass is 409 g/mol. The Morgan fingerprint density at radius 3 is 2.59 bits per heavy atom. The molecule has 1 aliphatic rings. The first kappa shape index (κ1) is 19.3. The summed E-state index contributed by atoms with van der Waals surface area (Å²) in [6, 6.07) is 6.66. The van der Waals surface area contributed by atoms with Crippen LogP contribution in [0.2, 0.25) is 5.02 Å². The average molecular weight is 410 g/mol. The van der Waals surface area contributed by atoms with Gasteiger partial charge in [-0.1, -0.05) is 30.9 Å². The van der Waals surface area contributed by atoms with Gasteiger partial charge in [-0.2, -0.15) is 0 Å². The lowest BCUT2D eigenvalue weighted by molar-refractivity contribution is 0.0926. The maximum absolute atomic E-state index is 12.7. The number of carbonyl (C=O) groups excluding carboxylic acids is 2. The minimum absolute atomic E-state index is 0.176. The zero-order valence-electron chi connectivity index (χ0n) is 15.7. The number of hydrogen-bond donors (Lipinski definition) is 2. The Balaban J connectivity index is 1.50. The predicted molar refractivity (Wildman–Crippen MR) is 111 cm³/mol. The van der Waals surface area contributed by atoms with Crippen LogP contribution in [0.5, 0.6) is 0 Å². The third kappa shape index (κ3) is 4.51. The molecule has 1 aliphatic carbocycles. The van der Waals surface area contributed by atoms with E-state index in [1.54, 1.807) is 36.7 Å². The van der Waals surface area contributed by atoms with Gasteiger partial charge in [-0.05, 0) is 37.1 Å². The molecule has 8 heteroatoms. The lowest BCUT2D eigenvalue weighted by Gasteiger charge is -2.23. The van der Waals surface area contributed by atoms with Crippen LogP contribution < -0.4 is 10.6 Å². The SMILES string of the molecule is O=C(Nc1ccc(Cl)c(C(=O)NC2CCCCC2)c1)c1cnc2nccnc2c1. The van der Waals surface area contributed by atoms with E-state index in [-0.39, 0.29) is 17.9 Å². The number of halogens is 1. The number of rotatable bonds is 4. The largest absolute Gasteiger partial charge is 0.349 e. The molecule has 0 atom stereocenters. The molecular formula is C21H20ClN5O2. The Morgan fingerprint density at radius 2 is 1.76 bits per heavy atom. The van der Waals surface area contributed by atoms with Crippen LogP contribution in [0.25, 0.3) is 11.2 Å². The fourth-order valence-corrected chi connectivity index (χ4v) is 3.68. The molecule has 0 unspecified atom stereocenters. The molecule has 0 bridgehead atoms. The average Bonchev–Trinajstić information content (AvgIpc) is 2.75. The van der Waals surface area contributed by atoms with Crippen molar-refractivity contribution in [2.24, 2.45) is 0 Å². The number of carbonyl (C=O) groups is 2. The van der Waals surface area contributed by atoms with Crippen LogP contribution in [-0.4, -0.2) is 32.8 Å². The number of anilines is 1. The van der Waals surface area contributed by atoms with E-state index in [4.69, 9.17) is 11.6 Å². The van der Waals surface area contributed by atoms with Crippen molar-refractivity contribution in [3.05, 3.63) is 59.0 Å². The van der Waals surface area contributed by atoms with Crippen LogP contribution in [0.15, 0.2) is 42.9 Å². The van der Waals surface area contributed by atoms with Crippen molar-refractivity contribution in [2.75, 3.05) is 5.32 Å². The highest BCUT2D eigenvalue weighted by atomic mass is 35.5. The summed E-state index contributed by atoms with van der Waals surface area (Å²) in [7, 11) is 0. The molecular weight excluding hydrogens is 390 g/mol. The van der Waals surface area contributed by atoms with Gasteiger partial charge in [0.15, 0.2) is 5.65 Å². The second kappa shape index (κ2) is 8.53. The summed E-state index contributed by atoms with van der Waals surface area (Å²) >= 11 is 6.23. The number of amides is 2. The first-order chi connectivity index (χ1) is 14.1. The molecule has 2 aromatic heterocycles. The number of aromatic nitrogens is 3. The Hall–Kier alpha value is -3.06. The number of hydrogen-bond acceptors (Lipinski definition) is 5.